The summed E-state index contributed by atoms with van der Waals surface area (Å²) in [5.41, 5.74) is 0.634. The van der Waals surface area contributed by atoms with Gasteiger partial charge in [0.25, 0.3) is 0 Å². The summed E-state index contributed by atoms with van der Waals surface area (Å²) in [6.45, 7) is 2.24. The molecule has 0 spiro atoms. The molecule has 1 aromatic rings. The zero-order valence-electron chi connectivity index (χ0n) is 13.0. The van der Waals surface area contributed by atoms with Gasteiger partial charge in [0.05, 0.1) is 4.90 Å². The molecular formula is C16H23N3O3S. The van der Waals surface area contributed by atoms with E-state index >= 15 is 0 Å². The third-order valence-corrected chi connectivity index (χ3v) is 5.84. The second-order valence-electron chi connectivity index (χ2n) is 6.33. The van der Waals surface area contributed by atoms with Crippen molar-refractivity contribution in [3.8, 4) is 0 Å². The smallest absolute Gasteiger partial charge is 0.240 e. The maximum Gasteiger partial charge on any atom is 0.240 e. The molecule has 0 unspecified atom stereocenters. The molecule has 1 saturated heterocycles. The highest BCUT2D eigenvalue weighted by Gasteiger charge is 2.24. The number of hydrogen-bond acceptors (Lipinski definition) is 4. The Labute approximate surface area is 137 Å². The molecule has 2 fully saturated rings. The fraction of sp³-hybridized carbons (Fsp3) is 0.562. The van der Waals surface area contributed by atoms with Gasteiger partial charge in [0, 0.05) is 18.2 Å². The predicted octanol–water partition coefficient (Wildman–Crippen LogP) is 1.31. The molecule has 3 rings (SSSR count). The molecule has 23 heavy (non-hydrogen) atoms. The van der Waals surface area contributed by atoms with Gasteiger partial charge in [0.15, 0.2) is 0 Å². The number of sulfonamides is 1. The quantitative estimate of drug-likeness (QED) is 0.730. The van der Waals surface area contributed by atoms with Gasteiger partial charge in [-0.3, -0.25) is 4.79 Å². The minimum atomic E-state index is -3.45. The Hall–Kier alpha value is -1.44. The largest absolute Gasteiger partial charge is 0.326 e. The van der Waals surface area contributed by atoms with E-state index in [0.29, 0.717) is 18.2 Å². The molecule has 1 saturated carbocycles. The van der Waals surface area contributed by atoms with Gasteiger partial charge in [-0.2, -0.15) is 0 Å². The van der Waals surface area contributed by atoms with Gasteiger partial charge in [-0.15, -0.1) is 0 Å². The van der Waals surface area contributed by atoms with Crippen molar-refractivity contribution in [2.24, 2.45) is 11.8 Å². The number of hydrogen-bond donors (Lipinski definition) is 3. The summed E-state index contributed by atoms with van der Waals surface area (Å²) < 4.78 is 26.9. The van der Waals surface area contributed by atoms with Crippen molar-refractivity contribution >= 4 is 21.6 Å². The van der Waals surface area contributed by atoms with Crippen molar-refractivity contribution < 1.29 is 13.2 Å². The molecule has 1 aliphatic heterocycles. The van der Waals surface area contributed by atoms with E-state index in [0.717, 1.165) is 38.8 Å². The molecule has 2 aliphatic rings. The van der Waals surface area contributed by atoms with E-state index in [1.54, 1.807) is 12.1 Å². The molecule has 6 nitrogen and oxygen atoms in total. The highest BCUT2D eigenvalue weighted by Crippen LogP contribution is 2.28. The van der Waals surface area contributed by atoms with E-state index in [4.69, 9.17) is 0 Å². The first-order valence-corrected chi connectivity index (χ1v) is 9.64. The normalized spacial score (nSPS) is 19.5. The van der Waals surface area contributed by atoms with Crippen molar-refractivity contribution in [3.63, 3.8) is 0 Å². The zero-order chi connectivity index (χ0) is 16.3. The first-order valence-electron chi connectivity index (χ1n) is 8.16. The van der Waals surface area contributed by atoms with Crippen LogP contribution in [0.25, 0.3) is 0 Å². The fourth-order valence-corrected chi connectivity index (χ4v) is 3.79. The van der Waals surface area contributed by atoms with Gasteiger partial charge < -0.3 is 10.6 Å². The van der Waals surface area contributed by atoms with Crippen LogP contribution in [-0.2, 0) is 14.8 Å². The third kappa shape index (κ3) is 4.53. The first kappa shape index (κ1) is 16.4. The second-order valence-corrected chi connectivity index (χ2v) is 8.10. The lowest BCUT2D eigenvalue weighted by molar-refractivity contribution is -0.120. The molecule has 1 aromatic carbocycles. The van der Waals surface area contributed by atoms with Crippen molar-refractivity contribution in [1.82, 2.24) is 10.0 Å². The molecule has 7 heteroatoms. The highest BCUT2D eigenvalue weighted by molar-refractivity contribution is 7.89. The number of carbonyl (C=O) groups excluding carboxylic acids is 1. The standard InChI is InChI=1S/C16H23N3O3S/c20-16(13-7-9-17-10-8-13)19-14-3-5-15(6-4-14)23(21,22)18-11-12-1-2-12/h3-6,12-13,17-18H,1-2,7-11H2,(H,19,20). The number of piperidine rings is 1. The van der Waals surface area contributed by atoms with Gasteiger partial charge in [-0.05, 0) is 69.0 Å². The third-order valence-electron chi connectivity index (χ3n) is 4.40. The number of carbonyl (C=O) groups is 1. The van der Waals surface area contributed by atoms with Crippen LogP contribution in [-0.4, -0.2) is 34.0 Å². The molecule has 1 heterocycles. The number of nitrogens with one attached hydrogen (secondary N) is 3. The predicted molar refractivity (Wildman–Crippen MR) is 88.6 cm³/mol. The van der Waals surface area contributed by atoms with Crippen LogP contribution >= 0.6 is 0 Å². The summed E-state index contributed by atoms with van der Waals surface area (Å²) >= 11 is 0. The van der Waals surface area contributed by atoms with Crippen LogP contribution in [0, 0.1) is 11.8 Å². The van der Waals surface area contributed by atoms with Gasteiger partial charge in [0.1, 0.15) is 0 Å². The first-order chi connectivity index (χ1) is 11.0. The van der Waals surface area contributed by atoms with Crippen molar-refractivity contribution in [3.05, 3.63) is 24.3 Å². The molecule has 1 aliphatic carbocycles. The van der Waals surface area contributed by atoms with Crippen LogP contribution in [0.15, 0.2) is 29.2 Å². The van der Waals surface area contributed by atoms with E-state index in [1.165, 1.54) is 12.1 Å². The fourth-order valence-electron chi connectivity index (χ4n) is 2.68. The molecule has 0 aromatic heterocycles. The number of rotatable bonds is 6. The molecule has 0 atom stereocenters. The van der Waals surface area contributed by atoms with Gasteiger partial charge in [-0.25, -0.2) is 13.1 Å². The molecular weight excluding hydrogens is 314 g/mol. The summed E-state index contributed by atoms with van der Waals surface area (Å²) in [5, 5.41) is 6.10. The minimum absolute atomic E-state index is 0.00830. The molecule has 1 amide bonds. The van der Waals surface area contributed by atoms with Crippen LogP contribution in [0.4, 0.5) is 5.69 Å². The average molecular weight is 337 g/mol. The maximum absolute atomic E-state index is 12.2. The summed E-state index contributed by atoms with van der Waals surface area (Å²) in [5.74, 6) is 0.530. The lowest BCUT2D eigenvalue weighted by Gasteiger charge is -2.21. The average Bonchev–Trinajstić information content (AvgIpc) is 3.39. The van der Waals surface area contributed by atoms with E-state index in [-0.39, 0.29) is 16.7 Å². The Morgan fingerprint density at radius 3 is 2.35 bits per heavy atom. The monoisotopic (exact) mass is 337 g/mol. The van der Waals surface area contributed by atoms with Crippen LogP contribution in [0.2, 0.25) is 0 Å². The topological polar surface area (TPSA) is 87.3 Å². The number of anilines is 1. The van der Waals surface area contributed by atoms with Crippen LogP contribution < -0.4 is 15.4 Å². The van der Waals surface area contributed by atoms with Crippen LogP contribution in [0.3, 0.4) is 0 Å². The SMILES string of the molecule is O=C(Nc1ccc(S(=O)(=O)NCC2CC2)cc1)C1CCNCC1. The second kappa shape index (κ2) is 6.98. The summed E-state index contributed by atoms with van der Waals surface area (Å²) in [6, 6.07) is 6.36. The van der Waals surface area contributed by atoms with Crippen LogP contribution in [0.1, 0.15) is 25.7 Å². The minimum Gasteiger partial charge on any atom is -0.326 e. The van der Waals surface area contributed by atoms with E-state index in [1.807, 2.05) is 0 Å². The lowest BCUT2D eigenvalue weighted by Crippen LogP contribution is -2.34. The highest BCUT2D eigenvalue weighted by atomic mass is 32.2. The molecule has 3 N–H and O–H groups in total. The van der Waals surface area contributed by atoms with Crippen molar-refractivity contribution in [2.75, 3.05) is 25.0 Å². The van der Waals surface area contributed by atoms with E-state index < -0.39 is 10.0 Å². The molecule has 0 radical (unpaired) electrons. The summed E-state index contributed by atoms with van der Waals surface area (Å²) in [7, 11) is -3.45. The lowest BCUT2D eigenvalue weighted by atomic mass is 9.97. The zero-order valence-corrected chi connectivity index (χ0v) is 13.9. The van der Waals surface area contributed by atoms with Crippen LogP contribution in [0.5, 0.6) is 0 Å². The summed E-state index contributed by atoms with van der Waals surface area (Å²) in [4.78, 5) is 12.4. The van der Waals surface area contributed by atoms with Gasteiger partial charge in [0.2, 0.25) is 15.9 Å². The Bertz CT molecular complexity index is 648. The van der Waals surface area contributed by atoms with Crippen molar-refractivity contribution in [1.29, 1.82) is 0 Å². The number of benzene rings is 1. The maximum atomic E-state index is 12.2. The van der Waals surface area contributed by atoms with E-state index in [9.17, 15) is 13.2 Å². The Kier molecular flexibility index (Phi) is 4.99. The Morgan fingerprint density at radius 1 is 1.09 bits per heavy atom. The molecule has 126 valence electrons. The number of amides is 1. The summed E-state index contributed by atoms with van der Waals surface area (Å²) in [6.07, 6.45) is 3.88. The molecule has 0 bridgehead atoms. The Morgan fingerprint density at radius 2 is 1.74 bits per heavy atom. The van der Waals surface area contributed by atoms with Crippen molar-refractivity contribution in [2.45, 2.75) is 30.6 Å². The van der Waals surface area contributed by atoms with Gasteiger partial charge in [-0.1, -0.05) is 0 Å². The van der Waals surface area contributed by atoms with E-state index in [2.05, 4.69) is 15.4 Å². The Balaban J connectivity index is 1.58. The van der Waals surface area contributed by atoms with Gasteiger partial charge >= 0.3 is 0 Å².